The Morgan fingerprint density at radius 2 is 2.00 bits per heavy atom. The van der Waals surface area contributed by atoms with E-state index in [-0.39, 0.29) is 0 Å². The van der Waals surface area contributed by atoms with Gasteiger partial charge in [-0.15, -0.1) is 5.10 Å². The highest BCUT2D eigenvalue weighted by Crippen LogP contribution is 2.22. The predicted octanol–water partition coefficient (Wildman–Crippen LogP) is 2.80. The first-order valence-corrected chi connectivity index (χ1v) is 5.88. The molecule has 6 heteroatoms. The first kappa shape index (κ1) is 10.8. The summed E-state index contributed by atoms with van der Waals surface area (Å²) in [5, 5.41) is 4.27. The first-order valence-electron chi connectivity index (χ1n) is 4.29. The summed E-state index contributed by atoms with van der Waals surface area (Å²) in [4.78, 5) is 8.52. The molecule has 0 amide bonds. The molecular weight excluding hydrogens is 324 g/mol. The molecule has 0 N–H and O–H groups in total. The van der Waals surface area contributed by atoms with Gasteiger partial charge in [-0.05, 0) is 51.8 Å². The van der Waals surface area contributed by atoms with Gasteiger partial charge in [0.25, 0.3) is 0 Å². The standard InChI is InChI=1S/C9H8Br2N4/c1-5-13-6(2)15(14-5)9-8(11)3-7(10)4-12-9/h3-4H,1-2H3. The SMILES string of the molecule is Cc1nc(C)n(-c2ncc(Br)cc2Br)n1. The van der Waals surface area contributed by atoms with Crippen LogP contribution in [-0.4, -0.2) is 19.7 Å². The van der Waals surface area contributed by atoms with Crippen LogP contribution in [0, 0.1) is 13.8 Å². The lowest BCUT2D eigenvalue weighted by molar-refractivity contribution is 0.798. The van der Waals surface area contributed by atoms with Crippen molar-refractivity contribution in [1.29, 1.82) is 0 Å². The molecule has 0 atom stereocenters. The van der Waals surface area contributed by atoms with E-state index in [1.165, 1.54) is 0 Å². The van der Waals surface area contributed by atoms with Gasteiger partial charge >= 0.3 is 0 Å². The van der Waals surface area contributed by atoms with E-state index in [9.17, 15) is 0 Å². The summed E-state index contributed by atoms with van der Waals surface area (Å²) in [7, 11) is 0. The second-order valence-electron chi connectivity index (χ2n) is 3.08. The minimum atomic E-state index is 0.740. The van der Waals surface area contributed by atoms with Gasteiger partial charge in [0.15, 0.2) is 5.82 Å². The molecule has 15 heavy (non-hydrogen) atoms. The molecule has 78 valence electrons. The van der Waals surface area contributed by atoms with Crippen LogP contribution in [0.5, 0.6) is 0 Å². The minimum absolute atomic E-state index is 0.740. The summed E-state index contributed by atoms with van der Waals surface area (Å²) < 4.78 is 3.52. The topological polar surface area (TPSA) is 43.6 Å². The molecule has 2 aromatic heterocycles. The summed E-state index contributed by atoms with van der Waals surface area (Å²) in [5.41, 5.74) is 0. The van der Waals surface area contributed by atoms with Crippen molar-refractivity contribution in [2.45, 2.75) is 13.8 Å². The molecule has 0 aliphatic heterocycles. The van der Waals surface area contributed by atoms with Crippen molar-refractivity contribution < 1.29 is 0 Å². The number of aromatic nitrogens is 4. The average molecular weight is 332 g/mol. The Kier molecular flexibility index (Phi) is 2.88. The predicted molar refractivity (Wildman–Crippen MR) is 64.0 cm³/mol. The van der Waals surface area contributed by atoms with Crippen LogP contribution in [0.3, 0.4) is 0 Å². The molecule has 0 radical (unpaired) electrons. The van der Waals surface area contributed by atoms with Gasteiger partial charge in [-0.1, -0.05) is 0 Å². The Morgan fingerprint density at radius 3 is 2.53 bits per heavy atom. The summed E-state index contributed by atoms with van der Waals surface area (Å²) in [6, 6.07) is 1.93. The highest BCUT2D eigenvalue weighted by molar-refractivity contribution is 9.11. The number of nitrogens with zero attached hydrogens (tertiary/aromatic N) is 4. The summed E-state index contributed by atoms with van der Waals surface area (Å²) >= 11 is 6.80. The van der Waals surface area contributed by atoms with E-state index in [2.05, 4.69) is 46.9 Å². The lowest BCUT2D eigenvalue weighted by atomic mass is 10.4. The third-order valence-corrected chi connectivity index (χ3v) is 2.88. The number of pyridine rings is 1. The van der Waals surface area contributed by atoms with Crippen molar-refractivity contribution in [2.24, 2.45) is 0 Å². The zero-order valence-corrected chi connectivity index (χ0v) is 11.4. The minimum Gasteiger partial charge on any atom is -0.235 e. The van der Waals surface area contributed by atoms with Crippen molar-refractivity contribution in [2.75, 3.05) is 0 Å². The Hall–Kier alpha value is -0.750. The molecule has 0 fully saturated rings. The Balaban J connectivity index is 2.59. The molecule has 0 aromatic carbocycles. The maximum atomic E-state index is 4.29. The molecule has 0 aliphatic rings. The Morgan fingerprint density at radius 1 is 1.27 bits per heavy atom. The van der Waals surface area contributed by atoms with Crippen molar-refractivity contribution in [3.05, 3.63) is 32.9 Å². The van der Waals surface area contributed by atoms with E-state index in [1.807, 2.05) is 19.9 Å². The van der Waals surface area contributed by atoms with E-state index < -0.39 is 0 Å². The van der Waals surface area contributed by atoms with E-state index in [0.717, 1.165) is 26.4 Å². The third-order valence-electron chi connectivity index (χ3n) is 1.86. The second kappa shape index (κ2) is 4.02. The Labute approximate surface area is 104 Å². The fourth-order valence-corrected chi connectivity index (χ4v) is 2.44. The molecule has 2 aromatic rings. The third kappa shape index (κ3) is 2.10. The molecule has 2 rings (SSSR count). The normalized spacial score (nSPS) is 10.7. The first-order chi connectivity index (χ1) is 7.08. The highest BCUT2D eigenvalue weighted by atomic mass is 79.9. The molecule has 0 aliphatic carbocycles. The van der Waals surface area contributed by atoms with E-state index in [1.54, 1.807) is 10.9 Å². The van der Waals surface area contributed by atoms with Crippen LogP contribution < -0.4 is 0 Å². The molecule has 0 saturated carbocycles. The average Bonchev–Trinajstić information content (AvgIpc) is 2.45. The Bertz CT molecular complexity index is 507. The summed E-state index contributed by atoms with van der Waals surface area (Å²) in [6.45, 7) is 3.76. The lowest BCUT2D eigenvalue weighted by Crippen LogP contribution is -2.03. The van der Waals surface area contributed by atoms with E-state index >= 15 is 0 Å². The molecule has 0 bridgehead atoms. The van der Waals surface area contributed by atoms with Crippen LogP contribution in [-0.2, 0) is 0 Å². The highest BCUT2D eigenvalue weighted by Gasteiger charge is 2.09. The van der Waals surface area contributed by atoms with Crippen LogP contribution in [0.4, 0.5) is 0 Å². The van der Waals surface area contributed by atoms with Gasteiger partial charge in [0.2, 0.25) is 0 Å². The van der Waals surface area contributed by atoms with Crippen molar-refractivity contribution in [3.8, 4) is 5.82 Å². The number of hydrogen-bond acceptors (Lipinski definition) is 3. The fourth-order valence-electron chi connectivity index (χ4n) is 1.28. The van der Waals surface area contributed by atoms with Gasteiger partial charge in [-0.25, -0.2) is 9.97 Å². The van der Waals surface area contributed by atoms with Gasteiger partial charge < -0.3 is 0 Å². The van der Waals surface area contributed by atoms with Crippen molar-refractivity contribution >= 4 is 31.9 Å². The number of halogens is 2. The number of rotatable bonds is 1. The van der Waals surface area contributed by atoms with Crippen molar-refractivity contribution in [3.63, 3.8) is 0 Å². The van der Waals surface area contributed by atoms with Gasteiger partial charge in [-0.3, -0.25) is 0 Å². The second-order valence-corrected chi connectivity index (χ2v) is 4.85. The number of aryl methyl sites for hydroxylation is 2. The van der Waals surface area contributed by atoms with Crippen molar-refractivity contribution in [1.82, 2.24) is 19.7 Å². The van der Waals surface area contributed by atoms with E-state index in [0.29, 0.717) is 0 Å². The van der Waals surface area contributed by atoms with Crippen LogP contribution in [0.25, 0.3) is 5.82 Å². The van der Waals surface area contributed by atoms with Gasteiger partial charge in [-0.2, -0.15) is 4.68 Å². The molecule has 0 spiro atoms. The zero-order valence-electron chi connectivity index (χ0n) is 8.20. The molecule has 2 heterocycles. The largest absolute Gasteiger partial charge is 0.235 e. The van der Waals surface area contributed by atoms with Crippen LogP contribution in [0.2, 0.25) is 0 Å². The molecule has 0 saturated heterocycles. The smallest absolute Gasteiger partial charge is 0.169 e. The van der Waals surface area contributed by atoms with Gasteiger partial charge in [0.05, 0.1) is 4.47 Å². The van der Waals surface area contributed by atoms with E-state index in [4.69, 9.17) is 0 Å². The van der Waals surface area contributed by atoms with Crippen LogP contribution in [0.15, 0.2) is 21.2 Å². The summed E-state index contributed by atoms with van der Waals surface area (Å²) in [6.07, 6.45) is 1.73. The van der Waals surface area contributed by atoms with Crippen LogP contribution in [0.1, 0.15) is 11.6 Å². The maximum absolute atomic E-state index is 4.29. The number of hydrogen-bond donors (Lipinski definition) is 0. The van der Waals surface area contributed by atoms with Gasteiger partial charge in [0.1, 0.15) is 11.6 Å². The zero-order chi connectivity index (χ0) is 11.0. The monoisotopic (exact) mass is 330 g/mol. The fraction of sp³-hybridized carbons (Fsp3) is 0.222. The summed E-state index contributed by atoms with van der Waals surface area (Å²) in [5.74, 6) is 2.31. The van der Waals surface area contributed by atoms with Gasteiger partial charge in [0, 0.05) is 10.7 Å². The maximum Gasteiger partial charge on any atom is 0.169 e. The molecule has 4 nitrogen and oxygen atoms in total. The van der Waals surface area contributed by atoms with Crippen LogP contribution >= 0.6 is 31.9 Å². The lowest BCUT2D eigenvalue weighted by Gasteiger charge is -2.04. The molecular formula is C9H8Br2N4. The quantitative estimate of drug-likeness (QED) is 0.807. The molecule has 0 unspecified atom stereocenters.